The highest BCUT2D eigenvalue weighted by atomic mass is 32.2. The monoisotopic (exact) mass is 291 g/mol. The third-order valence-corrected chi connectivity index (χ3v) is 5.43. The Morgan fingerprint density at radius 2 is 2.39 bits per heavy atom. The minimum absolute atomic E-state index is 0.0254. The molecule has 0 bridgehead atoms. The fourth-order valence-electron chi connectivity index (χ4n) is 1.71. The second-order valence-corrected chi connectivity index (χ2v) is 6.93. The zero-order valence-corrected chi connectivity index (χ0v) is 11.3. The number of aliphatic carboxylic acids is 1. The van der Waals surface area contributed by atoms with Gasteiger partial charge in [0.1, 0.15) is 10.4 Å². The molecular formula is C9H13N3O4S2. The number of carboxylic acid groups (broad SMARTS) is 1. The molecule has 1 aliphatic heterocycles. The van der Waals surface area contributed by atoms with Crippen LogP contribution in [0.25, 0.3) is 0 Å². The lowest BCUT2D eigenvalue weighted by Gasteiger charge is -2.23. The van der Waals surface area contributed by atoms with Crippen LogP contribution in [0.5, 0.6) is 0 Å². The zero-order chi connectivity index (χ0) is 13.4. The SMILES string of the molecule is Cn1cc(S(=O)(=O)NC2(C(=O)O)CCSC2)cn1. The van der Waals surface area contributed by atoms with Crippen molar-refractivity contribution in [3.63, 3.8) is 0 Å². The predicted molar refractivity (Wildman–Crippen MR) is 65.8 cm³/mol. The summed E-state index contributed by atoms with van der Waals surface area (Å²) in [6, 6.07) is 0. The molecule has 2 N–H and O–H groups in total. The summed E-state index contributed by atoms with van der Waals surface area (Å²) in [5, 5.41) is 13.0. The molecule has 0 saturated carbocycles. The number of carbonyl (C=O) groups is 1. The second kappa shape index (κ2) is 4.56. The summed E-state index contributed by atoms with van der Waals surface area (Å²) in [5.74, 6) is -0.274. The van der Waals surface area contributed by atoms with Crippen LogP contribution in [0.2, 0.25) is 0 Å². The molecule has 0 aliphatic carbocycles. The molecule has 1 atom stereocenters. The highest BCUT2D eigenvalue weighted by Crippen LogP contribution is 2.29. The van der Waals surface area contributed by atoms with Crippen LogP contribution in [-0.4, -0.2) is 46.3 Å². The van der Waals surface area contributed by atoms with Gasteiger partial charge in [0.25, 0.3) is 0 Å². The summed E-state index contributed by atoms with van der Waals surface area (Å²) in [4.78, 5) is 11.3. The molecule has 1 saturated heterocycles. The van der Waals surface area contributed by atoms with Crippen LogP contribution < -0.4 is 4.72 Å². The van der Waals surface area contributed by atoms with Crippen LogP contribution in [0, 0.1) is 0 Å². The van der Waals surface area contributed by atoms with E-state index in [4.69, 9.17) is 0 Å². The Kier molecular flexibility index (Phi) is 3.39. The smallest absolute Gasteiger partial charge is 0.325 e. The molecule has 0 amide bonds. The fraction of sp³-hybridized carbons (Fsp3) is 0.556. The molecule has 0 radical (unpaired) electrons. The van der Waals surface area contributed by atoms with E-state index >= 15 is 0 Å². The third kappa shape index (κ3) is 2.38. The van der Waals surface area contributed by atoms with Crippen molar-refractivity contribution in [1.29, 1.82) is 0 Å². The molecule has 1 fully saturated rings. The van der Waals surface area contributed by atoms with E-state index in [0.717, 1.165) is 0 Å². The number of hydrogen-bond donors (Lipinski definition) is 2. The van der Waals surface area contributed by atoms with E-state index < -0.39 is 21.5 Å². The van der Waals surface area contributed by atoms with Gasteiger partial charge in [0.2, 0.25) is 10.0 Å². The van der Waals surface area contributed by atoms with Gasteiger partial charge in [-0.05, 0) is 12.2 Å². The average Bonchev–Trinajstić information content (AvgIpc) is 2.87. The van der Waals surface area contributed by atoms with Crippen LogP contribution in [0.4, 0.5) is 0 Å². The molecule has 0 aromatic carbocycles. The number of aromatic nitrogens is 2. The number of nitrogens with zero attached hydrogens (tertiary/aromatic N) is 2. The molecular weight excluding hydrogens is 278 g/mol. The fourth-order valence-corrected chi connectivity index (χ4v) is 4.50. The molecule has 2 heterocycles. The van der Waals surface area contributed by atoms with Gasteiger partial charge < -0.3 is 5.11 Å². The molecule has 1 aliphatic rings. The van der Waals surface area contributed by atoms with Crippen molar-refractivity contribution in [2.45, 2.75) is 16.9 Å². The third-order valence-electron chi connectivity index (χ3n) is 2.75. The van der Waals surface area contributed by atoms with Crippen molar-refractivity contribution >= 4 is 27.8 Å². The van der Waals surface area contributed by atoms with E-state index in [2.05, 4.69) is 9.82 Å². The Balaban J connectivity index is 2.29. The lowest BCUT2D eigenvalue weighted by Crippen LogP contribution is -2.54. The molecule has 1 aromatic rings. The second-order valence-electron chi connectivity index (χ2n) is 4.15. The van der Waals surface area contributed by atoms with Crippen LogP contribution in [0.3, 0.4) is 0 Å². The number of aryl methyl sites for hydroxylation is 1. The highest BCUT2D eigenvalue weighted by molar-refractivity contribution is 7.99. The van der Waals surface area contributed by atoms with Gasteiger partial charge in [-0.1, -0.05) is 0 Å². The first kappa shape index (κ1) is 13.4. The number of rotatable bonds is 4. The van der Waals surface area contributed by atoms with Gasteiger partial charge in [-0.3, -0.25) is 9.48 Å². The van der Waals surface area contributed by atoms with E-state index in [0.29, 0.717) is 5.75 Å². The molecule has 7 nitrogen and oxygen atoms in total. The molecule has 18 heavy (non-hydrogen) atoms. The Morgan fingerprint density at radius 1 is 1.67 bits per heavy atom. The van der Waals surface area contributed by atoms with Crippen LogP contribution in [0.15, 0.2) is 17.3 Å². The molecule has 9 heteroatoms. The van der Waals surface area contributed by atoms with Crippen LogP contribution >= 0.6 is 11.8 Å². The first-order valence-corrected chi connectivity index (χ1v) is 7.83. The molecule has 1 unspecified atom stereocenters. The van der Waals surface area contributed by atoms with Gasteiger partial charge in [0, 0.05) is 19.0 Å². The van der Waals surface area contributed by atoms with Gasteiger partial charge >= 0.3 is 5.97 Å². The standard InChI is InChI=1S/C9H13N3O4S2/c1-12-5-7(4-10-12)18(15,16)11-9(8(13)14)2-3-17-6-9/h4-5,11H,2-3,6H2,1H3,(H,13,14). The summed E-state index contributed by atoms with van der Waals surface area (Å²) in [5.41, 5.74) is -1.40. The van der Waals surface area contributed by atoms with E-state index in [1.807, 2.05) is 0 Å². The maximum Gasteiger partial charge on any atom is 0.325 e. The maximum absolute atomic E-state index is 12.1. The van der Waals surface area contributed by atoms with E-state index in [9.17, 15) is 18.3 Å². The zero-order valence-electron chi connectivity index (χ0n) is 9.66. The van der Waals surface area contributed by atoms with Crippen LogP contribution in [-0.2, 0) is 21.9 Å². The van der Waals surface area contributed by atoms with Crippen molar-refractivity contribution in [3.05, 3.63) is 12.4 Å². The normalized spacial score (nSPS) is 24.3. The quantitative estimate of drug-likeness (QED) is 0.787. The minimum Gasteiger partial charge on any atom is -0.480 e. The number of nitrogens with one attached hydrogen (secondary N) is 1. The van der Waals surface area contributed by atoms with Crippen molar-refractivity contribution in [1.82, 2.24) is 14.5 Å². The van der Waals surface area contributed by atoms with Crippen molar-refractivity contribution < 1.29 is 18.3 Å². The van der Waals surface area contributed by atoms with E-state index in [1.165, 1.54) is 28.8 Å². The van der Waals surface area contributed by atoms with Gasteiger partial charge in [-0.2, -0.15) is 21.6 Å². The number of carboxylic acids is 1. The predicted octanol–water partition coefficient (Wildman–Crippen LogP) is -0.341. The number of sulfonamides is 1. The molecule has 1 aromatic heterocycles. The Morgan fingerprint density at radius 3 is 2.83 bits per heavy atom. The lowest BCUT2D eigenvalue weighted by atomic mass is 10.0. The summed E-state index contributed by atoms with van der Waals surface area (Å²) in [6.45, 7) is 0. The van der Waals surface area contributed by atoms with E-state index in [-0.39, 0.29) is 17.1 Å². The number of hydrogen-bond acceptors (Lipinski definition) is 5. The van der Waals surface area contributed by atoms with Gasteiger partial charge in [0.15, 0.2) is 0 Å². The Hall–Kier alpha value is -1.06. The minimum atomic E-state index is -3.85. The Labute approximate surface area is 109 Å². The van der Waals surface area contributed by atoms with Gasteiger partial charge in [-0.25, -0.2) is 8.42 Å². The Bertz CT molecular complexity index is 560. The summed E-state index contributed by atoms with van der Waals surface area (Å²) in [7, 11) is -2.26. The molecule has 100 valence electrons. The summed E-state index contributed by atoms with van der Waals surface area (Å²) < 4.78 is 27.8. The van der Waals surface area contributed by atoms with Crippen molar-refractivity contribution in [2.75, 3.05) is 11.5 Å². The highest BCUT2D eigenvalue weighted by Gasteiger charge is 2.45. The van der Waals surface area contributed by atoms with Gasteiger partial charge in [-0.15, -0.1) is 0 Å². The molecule has 0 spiro atoms. The summed E-state index contributed by atoms with van der Waals surface area (Å²) in [6.07, 6.45) is 2.81. The van der Waals surface area contributed by atoms with Crippen molar-refractivity contribution in [2.24, 2.45) is 7.05 Å². The molecule has 2 rings (SSSR count). The topological polar surface area (TPSA) is 101 Å². The number of thioether (sulfide) groups is 1. The maximum atomic E-state index is 12.1. The first-order chi connectivity index (χ1) is 8.36. The lowest BCUT2D eigenvalue weighted by molar-refractivity contribution is -0.142. The van der Waals surface area contributed by atoms with Gasteiger partial charge in [0.05, 0.1) is 6.20 Å². The van der Waals surface area contributed by atoms with E-state index in [1.54, 1.807) is 7.05 Å². The first-order valence-electron chi connectivity index (χ1n) is 5.19. The van der Waals surface area contributed by atoms with Crippen molar-refractivity contribution in [3.8, 4) is 0 Å². The average molecular weight is 291 g/mol. The van der Waals surface area contributed by atoms with Crippen LogP contribution in [0.1, 0.15) is 6.42 Å². The largest absolute Gasteiger partial charge is 0.480 e. The summed E-state index contributed by atoms with van der Waals surface area (Å²) >= 11 is 1.42.